The van der Waals surface area contributed by atoms with E-state index in [2.05, 4.69) is 18.7 Å². The number of methoxy groups -OCH3 is 3. The van der Waals surface area contributed by atoms with Gasteiger partial charge in [0.1, 0.15) is 0 Å². The van der Waals surface area contributed by atoms with Gasteiger partial charge in [-0.2, -0.15) is 0 Å². The van der Waals surface area contributed by atoms with E-state index in [0.29, 0.717) is 5.92 Å². The van der Waals surface area contributed by atoms with Crippen molar-refractivity contribution in [3.8, 4) is 0 Å². The van der Waals surface area contributed by atoms with Crippen LogP contribution in [0.4, 0.5) is 0 Å². The molecule has 25 heavy (non-hydrogen) atoms. The fourth-order valence-electron chi connectivity index (χ4n) is 3.95. The van der Waals surface area contributed by atoms with Crippen molar-refractivity contribution in [3.63, 3.8) is 0 Å². The Morgan fingerprint density at radius 2 is 1.52 bits per heavy atom. The molecule has 0 amide bonds. The molecule has 0 aliphatic carbocycles. The summed E-state index contributed by atoms with van der Waals surface area (Å²) >= 11 is 0. The zero-order valence-electron chi connectivity index (χ0n) is 17.5. The molecular weight excluding hydrogens is 314 g/mol. The number of nitrogens with zero attached hydrogens (tertiary/aromatic N) is 1. The molecule has 150 valence electrons. The fraction of sp³-hybridized carbons (Fsp3) is 1.00. The van der Waals surface area contributed by atoms with Crippen LogP contribution >= 0.6 is 0 Å². The standard InChI is InChI=1S/C21H43NO3/c1-6-7-8-9-11-20(18-21(23-3,24-4)25-5)12-10-15-22-16-13-19(2)14-17-22/h19-20H,6-18H2,1-5H3. The fourth-order valence-corrected chi connectivity index (χ4v) is 3.95. The summed E-state index contributed by atoms with van der Waals surface area (Å²) < 4.78 is 16.6. The Morgan fingerprint density at radius 3 is 2.08 bits per heavy atom. The first-order chi connectivity index (χ1) is 12.1. The summed E-state index contributed by atoms with van der Waals surface area (Å²) in [5, 5.41) is 0. The van der Waals surface area contributed by atoms with E-state index in [4.69, 9.17) is 14.2 Å². The number of likely N-dealkylation sites (tertiary alicyclic amines) is 1. The summed E-state index contributed by atoms with van der Waals surface area (Å²) in [6.07, 6.45) is 12.5. The van der Waals surface area contributed by atoms with Gasteiger partial charge in [-0.15, -0.1) is 0 Å². The van der Waals surface area contributed by atoms with Gasteiger partial charge in [-0.25, -0.2) is 0 Å². The average Bonchev–Trinajstić information content (AvgIpc) is 2.64. The molecule has 0 aromatic heterocycles. The molecule has 0 N–H and O–H groups in total. The minimum atomic E-state index is -0.879. The van der Waals surface area contributed by atoms with E-state index in [-0.39, 0.29) is 0 Å². The third kappa shape index (κ3) is 8.85. The van der Waals surface area contributed by atoms with Crippen molar-refractivity contribution in [1.29, 1.82) is 0 Å². The van der Waals surface area contributed by atoms with Crippen LogP contribution < -0.4 is 0 Å². The molecule has 0 aromatic carbocycles. The maximum Gasteiger partial charge on any atom is 0.282 e. The summed E-state index contributed by atoms with van der Waals surface area (Å²) in [6, 6.07) is 0. The average molecular weight is 358 g/mol. The second-order valence-electron chi connectivity index (χ2n) is 7.88. The topological polar surface area (TPSA) is 30.9 Å². The van der Waals surface area contributed by atoms with Crippen molar-refractivity contribution in [2.75, 3.05) is 41.0 Å². The van der Waals surface area contributed by atoms with Crippen LogP contribution in [0.5, 0.6) is 0 Å². The van der Waals surface area contributed by atoms with Gasteiger partial charge < -0.3 is 19.1 Å². The normalized spacial score (nSPS) is 18.6. The number of ether oxygens (including phenoxy) is 3. The zero-order valence-corrected chi connectivity index (χ0v) is 17.5. The molecule has 0 spiro atoms. The summed E-state index contributed by atoms with van der Waals surface area (Å²) in [5.74, 6) is 0.629. The molecule has 0 radical (unpaired) electrons. The van der Waals surface area contributed by atoms with Gasteiger partial charge in [0.2, 0.25) is 0 Å². The summed E-state index contributed by atoms with van der Waals surface area (Å²) in [4.78, 5) is 2.64. The van der Waals surface area contributed by atoms with E-state index in [1.165, 1.54) is 77.4 Å². The van der Waals surface area contributed by atoms with Gasteiger partial charge in [-0.3, -0.25) is 0 Å². The molecule has 1 rings (SSSR count). The van der Waals surface area contributed by atoms with Gasteiger partial charge in [-0.05, 0) is 57.2 Å². The Balaban J connectivity index is 2.43. The second-order valence-corrected chi connectivity index (χ2v) is 7.88. The van der Waals surface area contributed by atoms with Gasteiger partial charge in [0.05, 0.1) is 0 Å². The number of unbranched alkanes of at least 4 members (excludes halogenated alkanes) is 3. The smallest absolute Gasteiger partial charge is 0.282 e. The Labute approximate surface area is 156 Å². The molecule has 1 unspecified atom stereocenters. The second kappa shape index (κ2) is 13.1. The lowest BCUT2D eigenvalue weighted by molar-refractivity contribution is -0.359. The summed E-state index contributed by atoms with van der Waals surface area (Å²) in [5.41, 5.74) is 0. The molecule has 1 atom stereocenters. The minimum absolute atomic E-state index is 0.598. The molecule has 1 heterocycles. The Hall–Kier alpha value is -0.160. The van der Waals surface area contributed by atoms with E-state index in [0.717, 1.165) is 12.3 Å². The minimum Gasteiger partial charge on any atom is -0.331 e. The highest BCUT2D eigenvalue weighted by molar-refractivity contribution is 4.72. The number of rotatable bonds is 14. The molecule has 1 aliphatic heterocycles. The predicted molar refractivity (Wildman–Crippen MR) is 105 cm³/mol. The van der Waals surface area contributed by atoms with Gasteiger partial charge in [-0.1, -0.05) is 46.0 Å². The number of hydrogen-bond acceptors (Lipinski definition) is 4. The molecule has 1 aliphatic rings. The Morgan fingerprint density at radius 1 is 0.920 bits per heavy atom. The molecule has 0 bridgehead atoms. The lowest BCUT2D eigenvalue weighted by atomic mass is 9.91. The van der Waals surface area contributed by atoms with Gasteiger partial charge >= 0.3 is 0 Å². The Kier molecular flexibility index (Phi) is 12.0. The van der Waals surface area contributed by atoms with Crippen LogP contribution in [0.2, 0.25) is 0 Å². The Bertz CT molecular complexity index is 304. The number of piperidine rings is 1. The third-order valence-electron chi connectivity index (χ3n) is 5.90. The molecule has 1 fully saturated rings. The van der Waals surface area contributed by atoms with E-state index >= 15 is 0 Å². The molecule has 1 saturated heterocycles. The van der Waals surface area contributed by atoms with Crippen molar-refractivity contribution in [3.05, 3.63) is 0 Å². The van der Waals surface area contributed by atoms with Crippen molar-refractivity contribution >= 4 is 0 Å². The van der Waals surface area contributed by atoms with E-state index < -0.39 is 5.97 Å². The van der Waals surface area contributed by atoms with Crippen LogP contribution in [0.25, 0.3) is 0 Å². The highest BCUT2D eigenvalue weighted by Gasteiger charge is 2.33. The number of hydrogen-bond donors (Lipinski definition) is 0. The van der Waals surface area contributed by atoms with Crippen LogP contribution in [0.15, 0.2) is 0 Å². The lowest BCUT2D eigenvalue weighted by Crippen LogP contribution is -2.38. The van der Waals surface area contributed by atoms with Crippen molar-refractivity contribution in [1.82, 2.24) is 4.90 Å². The molecule has 4 heteroatoms. The molecule has 4 nitrogen and oxygen atoms in total. The van der Waals surface area contributed by atoms with Crippen molar-refractivity contribution in [2.24, 2.45) is 11.8 Å². The first-order valence-corrected chi connectivity index (χ1v) is 10.5. The van der Waals surface area contributed by atoms with E-state index in [1.54, 1.807) is 21.3 Å². The van der Waals surface area contributed by atoms with Gasteiger partial charge in [0.15, 0.2) is 0 Å². The van der Waals surface area contributed by atoms with E-state index in [9.17, 15) is 0 Å². The van der Waals surface area contributed by atoms with Gasteiger partial charge in [0, 0.05) is 27.8 Å². The third-order valence-corrected chi connectivity index (χ3v) is 5.90. The van der Waals surface area contributed by atoms with Crippen molar-refractivity contribution in [2.45, 2.75) is 84.0 Å². The van der Waals surface area contributed by atoms with Gasteiger partial charge in [0.25, 0.3) is 5.97 Å². The van der Waals surface area contributed by atoms with Crippen LogP contribution in [-0.2, 0) is 14.2 Å². The molecule has 0 aromatic rings. The highest BCUT2D eigenvalue weighted by atomic mass is 16.9. The summed E-state index contributed by atoms with van der Waals surface area (Å²) in [6.45, 7) is 8.44. The predicted octanol–water partition coefficient (Wildman–Crippen LogP) is 5.07. The van der Waals surface area contributed by atoms with Crippen LogP contribution in [0.3, 0.4) is 0 Å². The maximum atomic E-state index is 5.55. The van der Waals surface area contributed by atoms with Crippen LogP contribution in [0, 0.1) is 11.8 Å². The molecule has 0 saturated carbocycles. The largest absolute Gasteiger partial charge is 0.331 e. The zero-order chi connectivity index (χ0) is 18.5. The summed E-state index contributed by atoms with van der Waals surface area (Å²) in [7, 11) is 5.03. The quantitative estimate of drug-likeness (QED) is 0.321. The first kappa shape index (κ1) is 22.9. The van der Waals surface area contributed by atoms with Crippen LogP contribution in [0.1, 0.15) is 78.1 Å². The maximum absolute atomic E-state index is 5.55. The van der Waals surface area contributed by atoms with Crippen LogP contribution in [-0.4, -0.2) is 51.8 Å². The monoisotopic (exact) mass is 357 g/mol. The lowest BCUT2D eigenvalue weighted by Gasteiger charge is -2.33. The van der Waals surface area contributed by atoms with E-state index in [1.807, 2.05) is 0 Å². The molecular formula is C21H43NO3. The van der Waals surface area contributed by atoms with Crippen molar-refractivity contribution < 1.29 is 14.2 Å². The highest BCUT2D eigenvalue weighted by Crippen LogP contribution is 2.29. The SMILES string of the molecule is CCCCCCC(CCCN1CCC(C)CC1)CC(OC)(OC)OC. The first-order valence-electron chi connectivity index (χ1n) is 10.5.